The summed E-state index contributed by atoms with van der Waals surface area (Å²) in [5, 5.41) is 3.91. The fourth-order valence-electron chi connectivity index (χ4n) is 1.36. The summed E-state index contributed by atoms with van der Waals surface area (Å²) in [5.74, 6) is 1.28. The van der Waals surface area contributed by atoms with E-state index in [2.05, 4.69) is 15.1 Å². The standard InChI is InChI=1S/C10H14N4O/c1-7-5-8(6-12-7)10-13-9(15-14-10)3-2-4-11/h5-6,12H,2-4,11H2,1H3. The first-order valence-electron chi connectivity index (χ1n) is 4.97. The number of H-pyrrole nitrogens is 1. The lowest BCUT2D eigenvalue weighted by Gasteiger charge is -1.88. The van der Waals surface area contributed by atoms with Gasteiger partial charge in [0.1, 0.15) is 0 Å². The van der Waals surface area contributed by atoms with Gasteiger partial charge in [0.05, 0.1) is 0 Å². The van der Waals surface area contributed by atoms with Crippen LogP contribution in [0.5, 0.6) is 0 Å². The van der Waals surface area contributed by atoms with Gasteiger partial charge in [0.15, 0.2) is 0 Å². The Morgan fingerprint density at radius 1 is 1.53 bits per heavy atom. The predicted octanol–water partition coefficient (Wildman–Crippen LogP) is 1.26. The van der Waals surface area contributed by atoms with Crippen molar-refractivity contribution in [1.82, 2.24) is 15.1 Å². The average molecular weight is 206 g/mol. The molecule has 3 N–H and O–H groups in total. The third-order valence-electron chi connectivity index (χ3n) is 2.15. The topological polar surface area (TPSA) is 80.7 Å². The van der Waals surface area contributed by atoms with Gasteiger partial charge in [0.2, 0.25) is 11.7 Å². The van der Waals surface area contributed by atoms with E-state index in [1.807, 2.05) is 19.2 Å². The molecule has 0 fully saturated rings. The molecular weight excluding hydrogens is 192 g/mol. The summed E-state index contributed by atoms with van der Waals surface area (Å²) in [6.45, 7) is 2.62. The highest BCUT2D eigenvalue weighted by atomic mass is 16.5. The number of nitrogens with zero attached hydrogens (tertiary/aromatic N) is 2. The molecule has 0 saturated heterocycles. The molecular formula is C10H14N4O. The maximum atomic E-state index is 5.40. The maximum Gasteiger partial charge on any atom is 0.227 e. The van der Waals surface area contributed by atoms with Crippen LogP contribution in [0.3, 0.4) is 0 Å². The summed E-state index contributed by atoms with van der Waals surface area (Å²) >= 11 is 0. The number of hydrogen-bond acceptors (Lipinski definition) is 4. The number of aryl methyl sites for hydroxylation is 2. The molecule has 2 rings (SSSR count). The molecule has 15 heavy (non-hydrogen) atoms. The van der Waals surface area contributed by atoms with Crippen molar-refractivity contribution in [3.05, 3.63) is 23.8 Å². The smallest absolute Gasteiger partial charge is 0.227 e. The quantitative estimate of drug-likeness (QED) is 0.789. The third kappa shape index (κ3) is 2.24. The van der Waals surface area contributed by atoms with Crippen molar-refractivity contribution in [2.75, 3.05) is 6.54 Å². The summed E-state index contributed by atoms with van der Waals surface area (Å²) in [4.78, 5) is 7.36. The van der Waals surface area contributed by atoms with Crippen LogP contribution < -0.4 is 5.73 Å². The second-order valence-corrected chi connectivity index (χ2v) is 3.48. The predicted molar refractivity (Wildman–Crippen MR) is 56.2 cm³/mol. The van der Waals surface area contributed by atoms with Crippen molar-refractivity contribution in [3.8, 4) is 11.4 Å². The van der Waals surface area contributed by atoms with E-state index in [4.69, 9.17) is 10.3 Å². The molecule has 0 bridgehead atoms. The Balaban J connectivity index is 2.13. The first kappa shape index (κ1) is 9.92. The summed E-state index contributed by atoms with van der Waals surface area (Å²) < 4.78 is 5.10. The van der Waals surface area contributed by atoms with Gasteiger partial charge in [-0.1, -0.05) is 5.16 Å². The van der Waals surface area contributed by atoms with Gasteiger partial charge in [-0.2, -0.15) is 4.98 Å². The van der Waals surface area contributed by atoms with Crippen molar-refractivity contribution < 1.29 is 4.52 Å². The van der Waals surface area contributed by atoms with E-state index in [9.17, 15) is 0 Å². The number of nitrogens with one attached hydrogen (secondary N) is 1. The van der Waals surface area contributed by atoms with E-state index in [1.54, 1.807) is 0 Å². The minimum absolute atomic E-state index is 0.631. The summed E-state index contributed by atoms with van der Waals surface area (Å²) in [7, 11) is 0. The highest BCUT2D eigenvalue weighted by Crippen LogP contribution is 2.16. The molecule has 5 nitrogen and oxygen atoms in total. The zero-order valence-electron chi connectivity index (χ0n) is 8.66. The van der Waals surface area contributed by atoms with E-state index in [1.165, 1.54) is 0 Å². The van der Waals surface area contributed by atoms with Crippen molar-refractivity contribution in [2.24, 2.45) is 5.73 Å². The van der Waals surface area contributed by atoms with Gasteiger partial charge in [-0.15, -0.1) is 0 Å². The van der Waals surface area contributed by atoms with Crippen LogP contribution in [0.1, 0.15) is 18.0 Å². The molecule has 2 aromatic heterocycles. The molecule has 0 radical (unpaired) electrons. The van der Waals surface area contributed by atoms with Crippen molar-refractivity contribution in [1.29, 1.82) is 0 Å². The van der Waals surface area contributed by atoms with Gasteiger partial charge in [0, 0.05) is 23.9 Å². The van der Waals surface area contributed by atoms with Crippen molar-refractivity contribution in [2.45, 2.75) is 19.8 Å². The highest BCUT2D eigenvalue weighted by molar-refractivity contribution is 5.53. The molecule has 0 aromatic carbocycles. The minimum Gasteiger partial charge on any atom is -0.364 e. The van der Waals surface area contributed by atoms with Gasteiger partial charge < -0.3 is 15.2 Å². The molecule has 2 aromatic rings. The van der Waals surface area contributed by atoms with Crippen LogP contribution in [0, 0.1) is 6.92 Å². The first-order valence-corrected chi connectivity index (χ1v) is 4.97. The summed E-state index contributed by atoms with van der Waals surface area (Å²) in [5.41, 5.74) is 7.44. The van der Waals surface area contributed by atoms with Crippen LogP contribution >= 0.6 is 0 Å². The monoisotopic (exact) mass is 206 g/mol. The second kappa shape index (κ2) is 4.27. The van der Waals surface area contributed by atoms with E-state index in [-0.39, 0.29) is 0 Å². The van der Waals surface area contributed by atoms with E-state index in [0.717, 1.165) is 24.1 Å². The molecule has 0 atom stereocenters. The Labute approximate surface area is 87.7 Å². The highest BCUT2D eigenvalue weighted by Gasteiger charge is 2.08. The van der Waals surface area contributed by atoms with E-state index >= 15 is 0 Å². The minimum atomic E-state index is 0.631. The normalized spacial score (nSPS) is 10.8. The molecule has 2 heterocycles. The molecule has 0 saturated carbocycles. The van der Waals surface area contributed by atoms with Gasteiger partial charge in [0.25, 0.3) is 0 Å². The first-order chi connectivity index (χ1) is 7.29. The molecule has 0 aliphatic heterocycles. The van der Waals surface area contributed by atoms with Crippen LogP contribution in [0.25, 0.3) is 11.4 Å². The Morgan fingerprint density at radius 3 is 3.07 bits per heavy atom. The third-order valence-corrected chi connectivity index (χ3v) is 2.15. The molecule has 0 aliphatic carbocycles. The van der Waals surface area contributed by atoms with Gasteiger partial charge in [-0.25, -0.2) is 0 Å². The molecule has 0 spiro atoms. The van der Waals surface area contributed by atoms with Crippen LogP contribution in [0.2, 0.25) is 0 Å². The number of hydrogen-bond donors (Lipinski definition) is 2. The molecule has 0 unspecified atom stereocenters. The largest absolute Gasteiger partial charge is 0.364 e. The molecule has 5 heteroatoms. The fraction of sp³-hybridized carbons (Fsp3) is 0.400. The Kier molecular flexibility index (Phi) is 2.82. The van der Waals surface area contributed by atoms with Crippen molar-refractivity contribution in [3.63, 3.8) is 0 Å². The van der Waals surface area contributed by atoms with Crippen LogP contribution in [-0.2, 0) is 6.42 Å². The Hall–Kier alpha value is -1.62. The summed E-state index contributed by atoms with van der Waals surface area (Å²) in [6, 6.07) is 1.98. The second-order valence-electron chi connectivity index (χ2n) is 3.48. The number of nitrogens with two attached hydrogens (primary N) is 1. The maximum absolute atomic E-state index is 5.40. The average Bonchev–Trinajstić information content (AvgIpc) is 2.83. The van der Waals surface area contributed by atoms with Crippen LogP contribution in [0.15, 0.2) is 16.8 Å². The zero-order chi connectivity index (χ0) is 10.7. The Morgan fingerprint density at radius 2 is 2.40 bits per heavy atom. The number of aromatic amines is 1. The zero-order valence-corrected chi connectivity index (χ0v) is 8.66. The SMILES string of the molecule is Cc1cc(-c2noc(CCCN)n2)c[nH]1. The van der Waals surface area contributed by atoms with Crippen LogP contribution in [0.4, 0.5) is 0 Å². The number of rotatable bonds is 4. The lowest BCUT2D eigenvalue weighted by atomic mass is 10.3. The molecule has 0 amide bonds. The Bertz CT molecular complexity index is 432. The molecule has 80 valence electrons. The van der Waals surface area contributed by atoms with Gasteiger partial charge in [-0.3, -0.25) is 0 Å². The number of aromatic nitrogens is 3. The van der Waals surface area contributed by atoms with Crippen molar-refractivity contribution >= 4 is 0 Å². The van der Waals surface area contributed by atoms with Crippen LogP contribution in [-0.4, -0.2) is 21.7 Å². The lowest BCUT2D eigenvalue weighted by molar-refractivity contribution is 0.376. The molecule has 0 aliphatic rings. The summed E-state index contributed by atoms with van der Waals surface area (Å²) in [6.07, 6.45) is 3.48. The van der Waals surface area contributed by atoms with Gasteiger partial charge in [-0.05, 0) is 26.0 Å². The fourth-order valence-corrected chi connectivity index (χ4v) is 1.36. The van der Waals surface area contributed by atoms with E-state index < -0.39 is 0 Å². The lowest BCUT2D eigenvalue weighted by Crippen LogP contribution is -2.00. The van der Waals surface area contributed by atoms with E-state index in [0.29, 0.717) is 18.3 Å². The van der Waals surface area contributed by atoms with Gasteiger partial charge >= 0.3 is 0 Å².